The van der Waals surface area contributed by atoms with Gasteiger partial charge in [0.25, 0.3) is 0 Å². The molecule has 6 nitrogen and oxygen atoms in total. The summed E-state index contributed by atoms with van der Waals surface area (Å²) in [5.41, 5.74) is 4.70. The molecule has 0 spiro atoms. The molecule has 6 heteroatoms. The predicted molar refractivity (Wildman–Crippen MR) is 140 cm³/mol. The Kier molecular flexibility index (Phi) is 6.80. The van der Waals surface area contributed by atoms with Gasteiger partial charge in [-0.2, -0.15) is 0 Å². The minimum absolute atomic E-state index is 0.0602. The number of para-hydroxylation sites is 2. The SMILES string of the molecule is COc1ccc2c(c1)N1CCN(c3ccccc3OC)C[C@H]1[C@@H](C(=O)NCCc1ccccc1)C2. The van der Waals surface area contributed by atoms with E-state index in [2.05, 4.69) is 45.4 Å². The number of piperazine rings is 1. The minimum Gasteiger partial charge on any atom is -0.497 e. The summed E-state index contributed by atoms with van der Waals surface area (Å²) < 4.78 is 11.2. The van der Waals surface area contributed by atoms with E-state index in [0.717, 1.165) is 49.7 Å². The number of rotatable bonds is 7. The molecule has 3 aromatic rings. The van der Waals surface area contributed by atoms with E-state index in [1.807, 2.05) is 42.5 Å². The van der Waals surface area contributed by atoms with Gasteiger partial charge in [0.1, 0.15) is 11.5 Å². The smallest absolute Gasteiger partial charge is 0.225 e. The van der Waals surface area contributed by atoms with Crippen LogP contribution in [0.3, 0.4) is 0 Å². The van der Waals surface area contributed by atoms with Crippen LogP contribution in [-0.4, -0.2) is 52.3 Å². The van der Waals surface area contributed by atoms with E-state index in [9.17, 15) is 4.79 Å². The molecule has 0 bridgehead atoms. The van der Waals surface area contributed by atoms with Crippen molar-refractivity contribution in [2.45, 2.75) is 18.9 Å². The second-order valence-electron chi connectivity index (χ2n) is 9.21. The quantitative estimate of drug-likeness (QED) is 0.566. The zero-order valence-electron chi connectivity index (χ0n) is 20.4. The van der Waals surface area contributed by atoms with Crippen LogP contribution in [0.5, 0.6) is 11.5 Å². The van der Waals surface area contributed by atoms with Gasteiger partial charge in [0, 0.05) is 37.9 Å². The molecule has 0 unspecified atom stereocenters. The number of carbonyl (C=O) groups is 1. The topological polar surface area (TPSA) is 54.0 Å². The van der Waals surface area contributed by atoms with Crippen molar-refractivity contribution in [2.24, 2.45) is 5.92 Å². The van der Waals surface area contributed by atoms with Crippen molar-refractivity contribution in [3.63, 3.8) is 0 Å². The van der Waals surface area contributed by atoms with E-state index < -0.39 is 0 Å². The average Bonchev–Trinajstić information content (AvgIpc) is 2.92. The molecule has 0 aromatic heterocycles. The number of ether oxygens (including phenoxy) is 2. The Morgan fingerprint density at radius 3 is 2.54 bits per heavy atom. The zero-order chi connectivity index (χ0) is 24.2. The highest BCUT2D eigenvalue weighted by Gasteiger charge is 2.42. The first kappa shape index (κ1) is 23.1. The van der Waals surface area contributed by atoms with Crippen LogP contribution in [0, 0.1) is 5.92 Å². The predicted octanol–water partition coefficient (Wildman–Crippen LogP) is 3.93. The lowest BCUT2D eigenvalue weighted by Gasteiger charge is -2.49. The molecule has 1 saturated heterocycles. The molecule has 2 aliphatic heterocycles. The average molecular weight is 472 g/mol. The summed E-state index contributed by atoms with van der Waals surface area (Å²) in [5.74, 6) is 1.70. The number of carbonyl (C=O) groups excluding carboxylic acids is 1. The largest absolute Gasteiger partial charge is 0.497 e. The molecular formula is C29H33N3O3. The summed E-state index contributed by atoms with van der Waals surface area (Å²) in [6.45, 7) is 3.08. The van der Waals surface area contributed by atoms with Crippen LogP contribution < -0.4 is 24.6 Å². The number of hydrogen-bond acceptors (Lipinski definition) is 5. The Morgan fingerprint density at radius 1 is 0.943 bits per heavy atom. The summed E-state index contributed by atoms with van der Waals surface area (Å²) in [7, 11) is 3.41. The number of nitrogens with one attached hydrogen (secondary N) is 1. The number of amides is 1. The van der Waals surface area contributed by atoms with E-state index in [-0.39, 0.29) is 17.9 Å². The third-order valence-electron chi connectivity index (χ3n) is 7.24. The normalized spacial score (nSPS) is 18.9. The van der Waals surface area contributed by atoms with Crippen LogP contribution >= 0.6 is 0 Å². The van der Waals surface area contributed by atoms with E-state index in [0.29, 0.717) is 6.54 Å². The second kappa shape index (κ2) is 10.3. The Hall–Kier alpha value is -3.67. The molecule has 0 radical (unpaired) electrons. The maximum Gasteiger partial charge on any atom is 0.225 e. The van der Waals surface area contributed by atoms with Gasteiger partial charge in [0.15, 0.2) is 0 Å². The van der Waals surface area contributed by atoms with Gasteiger partial charge in [-0.25, -0.2) is 0 Å². The fourth-order valence-corrected chi connectivity index (χ4v) is 5.42. The van der Waals surface area contributed by atoms with E-state index >= 15 is 0 Å². The lowest BCUT2D eigenvalue weighted by atomic mass is 9.83. The van der Waals surface area contributed by atoms with Crippen LogP contribution in [0.2, 0.25) is 0 Å². The van der Waals surface area contributed by atoms with Crippen molar-refractivity contribution in [1.29, 1.82) is 0 Å². The molecule has 2 atom stereocenters. The molecule has 182 valence electrons. The molecular weight excluding hydrogens is 438 g/mol. The maximum atomic E-state index is 13.5. The van der Waals surface area contributed by atoms with Crippen molar-refractivity contribution in [2.75, 3.05) is 50.2 Å². The summed E-state index contributed by atoms with van der Waals surface area (Å²) in [4.78, 5) is 18.3. The van der Waals surface area contributed by atoms with Crippen LogP contribution in [0.1, 0.15) is 11.1 Å². The van der Waals surface area contributed by atoms with Gasteiger partial charge in [0.05, 0.1) is 31.9 Å². The van der Waals surface area contributed by atoms with Gasteiger partial charge in [-0.15, -0.1) is 0 Å². The monoisotopic (exact) mass is 471 g/mol. The fraction of sp³-hybridized carbons (Fsp3) is 0.345. The van der Waals surface area contributed by atoms with Gasteiger partial charge in [-0.05, 0) is 42.2 Å². The number of methoxy groups -OCH3 is 2. The van der Waals surface area contributed by atoms with E-state index in [1.54, 1.807) is 14.2 Å². The van der Waals surface area contributed by atoms with E-state index in [1.165, 1.54) is 16.8 Å². The molecule has 5 rings (SSSR count). The first-order chi connectivity index (χ1) is 17.2. The highest BCUT2D eigenvalue weighted by molar-refractivity contribution is 5.82. The zero-order valence-corrected chi connectivity index (χ0v) is 20.4. The van der Waals surface area contributed by atoms with Crippen molar-refractivity contribution >= 4 is 17.3 Å². The highest BCUT2D eigenvalue weighted by Crippen LogP contribution is 2.40. The molecule has 0 aliphatic carbocycles. The molecule has 3 aromatic carbocycles. The summed E-state index contributed by atoms with van der Waals surface area (Å²) >= 11 is 0. The molecule has 2 heterocycles. The molecule has 2 aliphatic rings. The van der Waals surface area contributed by atoms with Crippen molar-refractivity contribution < 1.29 is 14.3 Å². The molecule has 0 saturated carbocycles. The maximum absolute atomic E-state index is 13.5. The number of hydrogen-bond donors (Lipinski definition) is 1. The number of nitrogens with zero attached hydrogens (tertiary/aromatic N) is 2. The van der Waals surface area contributed by atoms with Crippen LogP contribution in [0.15, 0.2) is 72.8 Å². The third-order valence-corrected chi connectivity index (χ3v) is 7.24. The molecule has 1 N–H and O–H groups in total. The number of fused-ring (bicyclic) bond motifs is 3. The Balaban J connectivity index is 1.39. The fourth-order valence-electron chi connectivity index (χ4n) is 5.42. The molecule has 1 amide bonds. The van der Waals surface area contributed by atoms with Gasteiger partial charge >= 0.3 is 0 Å². The van der Waals surface area contributed by atoms with Crippen LogP contribution in [0.25, 0.3) is 0 Å². The lowest BCUT2D eigenvalue weighted by Crippen LogP contribution is -2.61. The van der Waals surface area contributed by atoms with Gasteiger partial charge in [0.2, 0.25) is 5.91 Å². The summed E-state index contributed by atoms with van der Waals surface area (Å²) in [5, 5.41) is 3.23. The van der Waals surface area contributed by atoms with E-state index in [4.69, 9.17) is 9.47 Å². The van der Waals surface area contributed by atoms with Gasteiger partial charge < -0.3 is 24.6 Å². The van der Waals surface area contributed by atoms with Crippen LogP contribution in [-0.2, 0) is 17.6 Å². The lowest BCUT2D eigenvalue weighted by molar-refractivity contribution is -0.125. The molecule has 1 fully saturated rings. The Morgan fingerprint density at radius 2 is 1.74 bits per heavy atom. The number of benzene rings is 3. The van der Waals surface area contributed by atoms with Crippen molar-refractivity contribution in [1.82, 2.24) is 5.32 Å². The number of anilines is 2. The standard InChI is InChI=1S/C29H33N3O3/c1-34-23-13-12-22-18-24(29(33)30-15-14-21-8-4-3-5-9-21)27-20-31(16-17-32(27)26(22)19-23)25-10-6-7-11-28(25)35-2/h3-13,19,24,27H,14-18,20H2,1-2H3,(H,30,33)/t24-,27-/m0/s1. The van der Waals surface area contributed by atoms with Gasteiger partial charge in [-0.1, -0.05) is 48.5 Å². The van der Waals surface area contributed by atoms with Crippen LogP contribution in [0.4, 0.5) is 11.4 Å². The highest BCUT2D eigenvalue weighted by atomic mass is 16.5. The second-order valence-corrected chi connectivity index (χ2v) is 9.21. The summed E-state index contributed by atoms with van der Waals surface area (Å²) in [6.07, 6.45) is 1.55. The summed E-state index contributed by atoms with van der Waals surface area (Å²) in [6, 6.07) is 24.7. The third kappa shape index (κ3) is 4.78. The van der Waals surface area contributed by atoms with Crippen molar-refractivity contribution in [3.05, 3.63) is 83.9 Å². The van der Waals surface area contributed by atoms with Crippen molar-refractivity contribution in [3.8, 4) is 11.5 Å². The minimum atomic E-state index is -0.135. The Bertz CT molecular complexity index is 1170. The van der Waals surface area contributed by atoms with Gasteiger partial charge in [-0.3, -0.25) is 4.79 Å². The molecule has 35 heavy (non-hydrogen) atoms. The first-order valence-corrected chi connectivity index (χ1v) is 12.3. The first-order valence-electron chi connectivity index (χ1n) is 12.3. The Labute approximate surface area is 207 Å².